The number of esters is 2. The molecule has 5 unspecified atom stereocenters. The van der Waals surface area contributed by atoms with Crippen molar-refractivity contribution >= 4 is 27.6 Å². The fourth-order valence-electron chi connectivity index (χ4n) is 6.53. The molecule has 0 amide bonds. The van der Waals surface area contributed by atoms with Gasteiger partial charge in [0.25, 0.3) is 0 Å². The van der Waals surface area contributed by atoms with Gasteiger partial charge in [-0.15, -0.1) is 0 Å². The molecule has 17 heteroatoms. The number of aliphatic hydroxyl groups is 3. The molecule has 0 heterocycles. The normalized spacial score (nSPS) is 15.5. The highest BCUT2D eigenvalue weighted by Crippen LogP contribution is 2.45. The summed E-state index contributed by atoms with van der Waals surface area (Å²) in [4.78, 5) is 43.8. The van der Waals surface area contributed by atoms with Crippen molar-refractivity contribution in [3.05, 3.63) is 60.8 Å². The van der Waals surface area contributed by atoms with Gasteiger partial charge < -0.3 is 34.6 Å². The molecule has 0 radical (unpaired) electrons. The van der Waals surface area contributed by atoms with Crippen LogP contribution in [-0.4, -0.2) is 95.0 Å². The number of unbranched alkanes of at least 4 members (excludes halogenated alkanes) is 19. The number of hydrogen-bond donors (Lipinski definition) is 5. The van der Waals surface area contributed by atoms with E-state index in [4.69, 9.17) is 9.47 Å². The van der Waals surface area contributed by atoms with Crippen molar-refractivity contribution < 1.29 is 71.4 Å². The van der Waals surface area contributed by atoms with Crippen molar-refractivity contribution in [2.24, 2.45) is 0 Å². The van der Waals surface area contributed by atoms with Crippen LogP contribution in [0.3, 0.4) is 0 Å². The molecule has 0 fully saturated rings. The van der Waals surface area contributed by atoms with E-state index in [0.717, 1.165) is 83.5 Å². The summed E-state index contributed by atoms with van der Waals surface area (Å²) < 4.78 is 53.1. The highest BCUT2D eigenvalue weighted by molar-refractivity contribution is 7.47. The number of carbonyl (C=O) groups excluding carboxylic acids is 2. The number of hydrogen-bond acceptors (Lipinski definition) is 13. The first-order valence-corrected chi connectivity index (χ1v) is 28.6. The lowest BCUT2D eigenvalue weighted by Gasteiger charge is -2.19. The Bertz CT molecular complexity index is 1450. The maximum Gasteiger partial charge on any atom is 0.472 e. The monoisotopic (exact) mass is 1010 g/mol. The molecule has 0 saturated heterocycles. The van der Waals surface area contributed by atoms with Gasteiger partial charge in [0.15, 0.2) is 0 Å². The van der Waals surface area contributed by atoms with Crippen LogP contribution in [-0.2, 0) is 46.3 Å². The molecular weight excluding hydrogens is 914 g/mol. The second-order valence-corrected chi connectivity index (χ2v) is 20.1. The van der Waals surface area contributed by atoms with Gasteiger partial charge in [-0.1, -0.05) is 184 Å². The van der Waals surface area contributed by atoms with E-state index in [1.54, 1.807) is 0 Å². The Morgan fingerprint density at radius 2 is 0.676 bits per heavy atom. The van der Waals surface area contributed by atoms with Crippen LogP contribution in [0, 0.1) is 0 Å². The summed E-state index contributed by atoms with van der Waals surface area (Å²) in [6.45, 7) is 0.299. The van der Waals surface area contributed by atoms with Crippen LogP contribution in [0.1, 0.15) is 194 Å². The Labute approximate surface area is 410 Å². The van der Waals surface area contributed by atoms with Crippen molar-refractivity contribution in [1.82, 2.24) is 0 Å². The molecule has 15 nitrogen and oxygen atoms in total. The van der Waals surface area contributed by atoms with E-state index in [-0.39, 0.29) is 12.8 Å². The summed E-state index contributed by atoms with van der Waals surface area (Å²) in [6, 6.07) is 0. The highest BCUT2D eigenvalue weighted by atomic mass is 31.2. The molecule has 0 bridgehead atoms. The Kier molecular flexibility index (Phi) is 45.5. The number of ether oxygens (including phenoxy) is 2. The zero-order chi connectivity index (χ0) is 50.2. The number of phosphoric ester groups is 2. The minimum Gasteiger partial charge on any atom is -0.463 e. The zero-order valence-electron chi connectivity index (χ0n) is 41.8. The molecule has 0 aromatic heterocycles. The van der Waals surface area contributed by atoms with Crippen LogP contribution in [0.5, 0.6) is 0 Å². The van der Waals surface area contributed by atoms with E-state index < -0.39 is 85.5 Å². The van der Waals surface area contributed by atoms with Crippen LogP contribution in [0.15, 0.2) is 60.8 Å². The Morgan fingerprint density at radius 1 is 0.397 bits per heavy atom. The van der Waals surface area contributed by atoms with E-state index in [9.17, 15) is 43.8 Å². The summed E-state index contributed by atoms with van der Waals surface area (Å²) in [7, 11) is -9.58. The number of allylic oxidation sites excluding steroid dienone is 10. The van der Waals surface area contributed by atoms with Crippen LogP contribution in [0.2, 0.25) is 0 Å². The first-order valence-electron chi connectivity index (χ1n) is 25.6. The summed E-state index contributed by atoms with van der Waals surface area (Å²) in [5, 5.41) is 30.1. The molecule has 0 aromatic carbocycles. The minimum absolute atomic E-state index is 0.172. The van der Waals surface area contributed by atoms with E-state index in [2.05, 4.69) is 92.7 Å². The first kappa shape index (κ1) is 65.7. The average Bonchev–Trinajstić information content (AvgIpc) is 3.31. The third-order valence-corrected chi connectivity index (χ3v) is 12.4. The topological polar surface area (TPSA) is 225 Å². The van der Waals surface area contributed by atoms with Gasteiger partial charge >= 0.3 is 27.6 Å². The molecule has 0 saturated carbocycles. The second kappa shape index (κ2) is 47.1. The van der Waals surface area contributed by atoms with Gasteiger partial charge in [-0.25, -0.2) is 9.13 Å². The first-order chi connectivity index (χ1) is 32.8. The largest absolute Gasteiger partial charge is 0.472 e. The minimum atomic E-state index is -4.79. The van der Waals surface area contributed by atoms with Gasteiger partial charge in [0, 0.05) is 12.8 Å². The van der Waals surface area contributed by atoms with Crippen molar-refractivity contribution in [3.63, 3.8) is 0 Å². The summed E-state index contributed by atoms with van der Waals surface area (Å²) in [5.41, 5.74) is 0. The maximum absolute atomic E-state index is 12.2. The molecule has 68 heavy (non-hydrogen) atoms. The Balaban J connectivity index is 3.89. The van der Waals surface area contributed by atoms with E-state index in [0.29, 0.717) is 12.8 Å². The second-order valence-electron chi connectivity index (χ2n) is 17.2. The SMILES string of the molecule is CC/C=C\C/C=C\C/C=C\C/C=C\C/C=C\CCCCCCCC(=O)OCC(O)COP(=O)(O)OCC(O)COP(=O)(O)OCC(O)COC(=O)CCCCCCCCCCCCCCCCC. The van der Waals surface area contributed by atoms with Gasteiger partial charge in [0.05, 0.1) is 26.4 Å². The fraction of sp³-hybridized carbons (Fsp3) is 0.765. The zero-order valence-corrected chi connectivity index (χ0v) is 43.5. The molecule has 396 valence electrons. The quantitative estimate of drug-likeness (QED) is 0.0165. The lowest BCUT2D eigenvalue weighted by atomic mass is 10.0. The predicted molar refractivity (Wildman–Crippen MR) is 270 cm³/mol. The number of rotatable bonds is 49. The van der Waals surface area contributed by atoms with Gasteiger partial charge in [0.1, 0.15) is 31.5 Å². The van der Waals surface area contributed by atoms with Crippen molar-refractivity contribution in [2.45, 2.75) is 212 Å². The van der Waals surface area contributed by atoms with Gasteiger partial charge in [-0.3, -0.25) is 27.7 Å². The maximum atomic E-state index is 12.2. The Morgan fingerprint density at radius 3 is 1.01 bits per heavy atom. The number of carbonyl (C=O) groups is 2. The van der Waals surface area contributed by atoms with Crippen LogP contribution < -0.4 is 0 Å². The third-order valence-electron chi connectivity index (χ3n) is 10.5. The molecule has 0 rings (SSSR count). The molecule has 5 N–H and O–H groups in total. The van der Waals surface area contributed by atoms with Crippen molar-refractivity contribution in [1.29, 1.82) is 0 Å². The molecule has 0 aliphatic rings. The van der Waals surface area contributed by atoms with Crippen LogP contribution >= 0.6 is 15.6 Å². The van der Waals surface area contributed by atoms with Gasteiger partial charge in [-0.05, 0) is 57.8 Å². The molecular formula is C51H92O15P2. The highest BCUT2D eigenvalue weighted by Gasteiger charge is 2.28. The third kappa shape index (κ3) is 48.8. The molecule has 0 aliphatic heterocycles. The number of aliphatic hydroxyl groups excluding tert-OH is 3. The van der Waals surface area contributed by atoms with Gasteiger partial charge in [0.2, 0.25) is 0 Å². The summed E-state index contributed by atoms with van der Waals surface area (Å²) in [5.74, 6) is -1.01. The van der Waals surface area contributed by atoms with Gasteiger partial charge in [-0.2, -0.15) is 0 Å². The lowest BCUT2D eigenvalue weighted by molar-refractivity contribution is -0.148. The molecule has 5 atom stereocenters. The van der Waals surface area contributed by atoms with E-state index in [1.165, 1.54) is 70.6 Å². The summed E-state index contributed by atoms with van der Waals surface area (Å²) >= 11 is 0. The summed E-state index contributed by atoms with van der Waals surface area (Å²) in [6.07, 6.45) is 46.3. The van der Waals surface area contributed by atoms with Crippen molar-refractivity contribution in [2.75, 3.05) is 39.6 Å². The van der Waals surface area contributed by atoms with Crippen molar-refractivity contribution in [3.8, 4) is 0 Å². The molecule has 0 aromatic rings. The van der Waals surface area contributed by atoms with E-state index >= 15 is 0 Å². The molecule has 0 spiro atoms. The van der Waals surface area contributed by atoms with Crippen LogP contribution in [0.25, 0.3) is 0 Å². The predicted octanol–water partition coefficient (Wildman–Crippen LogP) is 12.2. The van der Waals surface area contributed by atoms with E-state index in [1.807, 2.05) is 0 Å². The lowest BCUT2D eigenvalue weighted by Crippen LogP contribution is -2.25. The fourth-order valence-corrected chi connectivity index (χ4v) is 8.12. The molecule has 0 aliphatic carbocycles. The number of phosphoric acid groups is 2. The smallest absolute Gasteiger partial charge is 0.463 e. The Hall–Kier alpha value is -2.26. The standard InChI is InChI=1S/C51H92O15P2/c1-3-5-7-9-11-13-15-17-19-20-21-22-23-24-26-28-30-32-34-36-38-40-51(56)62-42-48(53)44-64-68(59,60)66-46-49(54)45-65-67(57,58)63-43-47(52)41-61-50(55)39-37-35-33-31-29-27-25-18-16-14-12-10-8-6-4-2/h5,7,11,13,17,19,21-22,24,26,47-49,52-54H,3-4,6,8-10,12,14-16,18,20,23,25,27-46H2,1-2H3,(H,57,58)(H,59,60)/b7-5-,13-11-,19-17-,22-21-,26-24-. The average molecular weight is 1010 g/mol. The van der Waals surface area contributed by atoms with Crippen LogP contribution in [0.4, 0.5) is 0 Å².